The molecule has 0 aliphatic carbocycles. The van der Waals surface area contributed by atoms with E-state index < -0.39 is 5.97 Å². The Balaban J connectivity index is 3.08. The molecular weight excluding hydrogens is 302 g/mol. The Morgan fingerprint density at radius 2 is 1.92 bits per heavy atom. The first-order chi connectivity index (χ1) is 6.00. The summed E-state index contributed by atoms with van der Waals surface area (Å²) in [6, 6.07) is 3.38. The first kappa shape index (κ1) is 10.5. The van der Waals surface area contributed by atoms with Crippen LogP contribution in [0.3, 0.4) is 0 Å². The second-order valence-corrected chi connectivity index (χ2v) is 4.24. The fourth-order valence-corrected chi connectivity index (χ4v) is 1.67. The van der Waals surface area contributed by atoms with E-state index in [0.717, 1.165) is 8.95 Å². The number of hydrogen-bond donors (Lipinski definition) is 2. The van der Waals surface area contributed by atoms with Crippen LogP contribution >= 0.6 is 31.9 Å². The number of nitrogen functional groups attached to an aromatic ring is 1. The lowest BCUT2D eigenvalue weighted by molar-refractivity contribution is -0.136. The summed E-state index contributed by atoms with van der Waals surface area (Å²) in [5.41, 5.74) is 6.72. The third-order valence-electron chi connectivity index (χ3n) is 1.52. The van der Waals surface area contributed by atoms with Crippen molar-refractivity contribution >= 4 is 43.5 Å². The topological polar surface area (TPSA) is 63.3 Å². The van der Waals surface area contributed by atoms with E-state index in [0.29, 0.717) is 11.3 Å². The number of aliphatic carboxylic acids is 1. The smallest absolute Gasteiger partial charge is 0.307 e. The van der Waals surface area contributed by atoms with Crippen molar-refractivity contribution < 1.29 is 9.90 Å². The van der Waals surface area contributed by atoms with Crippen molar-refractivity contribution in [3.63, 3.8) is 0 Å². The van der Waals surface area contributed by atoms with Crippen molar-refractivity contribution in [1.29, 1.82) is 0 Å². The van der Waals surface area contributed by atoms with Crippen LogP contribution in [0, 0.1) is 0 Å². The van der Waals surface area contributed by atoms with Gasteiger partial charge in [0.05, 0.1) is 6.42 Å². The van der Waals surface area contributed by atoms with Gasteiger partial charge in [-0.05, 0) is 49.6 Å². The maximum atomic E-state index is 10.4. The Morgan fingerprint density at radius 1 is 1.38 bits per heavy atom. The third kappa shape index (κ3) is 2.70. The van der Waals surface area contributed by atoms with Gasteiger partial charge in [-0.25, -0.2) is 0 Å². The number of carbonyl (C=O) groups is 1. The van der Waals surface area contributed by atoms with E-state index in [1.54, 1.807) is 12.1 Å². The van der Waals surface area contributed by atoms with Gasteiger partial charge in [-0.1, -0.05) is 0 Å². The molecule has 5 heteroatoms. The summed E-state index contributed by atoms with van der Waals surface area (Å²) in [5, 5.41) is 8.57. The average Bonchev–Trinajstić information content (AvgIpc) is 1.99. The zero-order chi connectivity index (χ0) is 10.0. The fraction of sp³-hybridized carbons (Fsp3) is 0.125. The van der Waals surface area contributed by atoms with E-state index >= 15 is 0 Å². The highest BCUT2D eigenvalue weighted by Gasteiger charge is 2.07. The van der Waals surface area contributed by atoms with Crippen LogP contribution < -0.4 is 5.73 Å². The number of halogens is 2. The molecular formula is C8H7Br2NO2. The predicted molar refractivity (Wildman–Crippen MR) is 57.6 cm³/mol. The van der Waals surface area contributed by atoms with Crippen molar-refractivity contribution in [3.05, 3.63) is 26.6 Å². The van der Waals surface area contributed by atoms with Crippen LogP contribution in [-0.2, 0) is 11.2 Å². The van der Waals surface area contributed by atoms with Gasteiger partial charge in [-0.15, -0.1) is 0 Å². The summed E-state index contributed by atoms with van der Waals surface area (Å²) in [6.07, 6.45) is -0.0578. The van der Waals surface area contributed by atoms with Crippen LogP contribution in [-0.4, -0.2) is 11.1 Å². The van der Waals surface area contributed by atoms with Crippen molar-refractivity contribution in [3.8, 4) is 0 Å². The molecule has 0 bridgehead atoms. The van der Waals surface area contributed by atoms with Crippen LogP contribution in [0.4, 0.5) is 5.69 Å². The monoisotopic (exact) mass is 307 g/mol. The lowest BCUT2D eigenvalue weighted by Gasteiger charge is -2.05. The minimum Gasteiger partial charge on any atom is -0.481 e. The second kappa shape index (κ2) is 4.11. The van der Waals surface area contributed by atoms with Crippen LogP contribution in [0.5, 0.6) is 0 Å². The van der Waals surface area contributed by atoms with Crippen LogP contribution in [0.1, 0.15) is 5.56 Å². The van der Waals surface area contributed by atoms with E-state index in [4.69, 9.17) is 10.8 Å². The Morgan fingerprint density at radius 3 is 2.46 bits per heavy atom. The summed E-state index contributed by atoms with van der Waals surface area (Å²) < 4.78 is 1.62. The predicted octanol–water partition coefficient (Wildman–Crippen LogP) is 2.42. The molecule has 3 N–H and O–H groups in total. The molecule has 70 valence electrons. The molecule has 1 aromatic rings. The number of nitrogens with two attached hydrogens (primary N) is 1. The summed E-state index contributed by atoms with van der Waals surface area (Å²) >= 11 is 6.55. The lowest BCUT2D eigenvalue weighted by Crippen LogP contribution is -2.03. The average molecular weight is 309 g/mol. The molecule has 13 heavy (non-hydrogen) atoms. The van der Waals surface area contributed by atoms with Crippen molar-refractivity contribution in [2.24, 2.45) is 0 Å². The third-order valence-corrected chi connectivity index (χ3v) is 3.37. The Kier molecular flexibility index (Phi) is 3.33. The standard InChI is InChI=1S/C8H7Br2NO2/c9-5-1-4(2-8(12)13)7(11)3-6(5)10/h1,3H,2,11H2,(H,12,13). The number of carboxylic acid groups (broad SMARTS) is 1. The van der Waals surface area contributed by atoms with Gasteiger partial charge in [0.15, 0.2) is 0 Å². The van der Waals surface area contributed by atoms with Gasteiger partial charge < -0.3 is 10.8 Å². The number of anilines is 1. The molecule has 0 unspecified atom stereocenters. The maximum absolute atomic E-state index is 10.4. The number of hydrogen-bond acceptors (Lipinski definition) is 2. The van der Waals surface area contributed by atoms with Gasteiger partial charge in [0.1, 0.15) is 0 Å². The highest BCUT2D eigenvalue weighted by molar-refractivity contribution is 9.13. The van der Waals surface area contributed by atoms with Crippen molar-refractivity contribution in [2.45, 2.75) is 6.42 Å². The summed E-state index contributed by atoms with van der Waals surface area (Å²) in [6.45, 7) is 0. The highest BCUT2D eigenvalue weighted by atomic mass is 79.9. The molecule has 0 aliphatic heterocycles. The van der Waals surface area contributed by atoms with E-state index in [1.165, 1.54) is 0 Å². The molecule has 0 heterocycles. The maximum Gasteiger partial charge on any atom is 0.307 e. The number of carboxylic acids is 1. The highest BCUT2D eigenvalue weighted by Crippen LogP contribution is 2.28. The molecule has 0 saturated heterocycles. The van der Waals surface area contributed by atoms with Gasteiger partial charge in [-0.2, -0.15) is 0 Å². The molecule has 1 rings (SSSR count). The SMILES string of the molecule is Nc1cc(Br)c(Br)cc1CC(=O)O. The molecule has 0 amide bonds. The lowest BCUT2D eigenvalue weighted by atomic mass is 10.1. The molecule has 0 aliphatic rings. The Hall–Kier alpha value is -0.550. The van der Waals surface area contributed by atoms with Crippen LogP contribution in [0.15, 0.2) is 21.1 Å². The largest absolute Gasteiger partial charge is 0.481 e. The number of rotatable bonds is 2. The van der Waals surface area contributed by atoms with Gasteiger partial charge in [0.25, 0.3) is 0 Å². The Bertz CT molecular complexity index is 352. The van der Waals surface area contributed by atoms with E-state index in [9.17, 15) is 4.79 Å². The van der Waals surface area contributed by atoms with Crippen molar-refractivity contribution in [2.75, 3.05) is 5.73 Å². The zero-order valence-electron chi connectivity index (χ0n) is 6.55. The molecule has 0 radical (unpaired) electrons. The van der Waals surface area contributed by atoms with E-state index in [-0.39, 0.29) is 6.42 Å². The first-order valence-electron chi connectivity index (χ1n) is 3.46. The fourth-order valence-electron chi connectivity index (χ4n) is 0.919. The summed E-state index contributed by atoms with van der Waals surface area (Å²) in [5.74, 6) is -0.888. The van der Waals surface area contributed by atoms with Gasteiger partial charge >= 0.3 is 5.97 Å². The molecule has 0 atom stereocenters. The normalized spacial score (nSPS) is 10.0. The van der Waals surface area contributed by atoms with Crippen LogP contribution in [0.2, 0.25) is 0 Å². The first-order valence-corrected chi connectivity index (χ1v) is 5.04. The van der Waals surface area contributed by atoms with E-state index in [2.05, 4.69) is 31.9 Å². The molecule has 0 aromatic heterocycles. The minimum atomic E-state index is -0.888. The van der Waals surface area contributed by atoms with Gasteiger partial charge in [-0.3, -0.25) is 4.79 Å². The molecule has 0 spiro atoms. The molecule has 3 nitrogen and oxygen atoms in total. The van der Waals surface area contributed by atoms with E-state index in [1.807, 2.05) is 0 Å². The van der Waals surface area contributed by atoms with Gasteiger partial charge in [0.2, 0.25) is 0 Å². The van der Waals surface area contributed by atoms with Gasteiger partial charge in [0, 0.05) is 14.6 Å². The Labute approximate surface area is 92.2 Å². The molecule has 0 fully saturated rings. The second-order valence-electron chi connectivity index (χ2n) is 2.54. The summed E-state index contributed by atoms with van der Waals surface area (Å²) in [7, 11) is 0. The summed E-state index contributed by atoms with van der Waals surface area (Å²) in [4.78, 5) is 10.4. The minimum absolute atomic E-state index is 0.0578. The quantitative estimate of drug-likeness (QED) is 0.825. The molecule has 0 saturated carbocycles. The van der Waals surface area contributed by atoms with Crippen molar-refractivity contribution in [1.82, 2.24) is 0 Å². The molecule has 1 aromatic carbocycles. The zero-order valence-corrected chi connectivity index (χ0v) is 9.72. The van der Waals surface area contributed by atoms with Crippen LogP contribution in [0.25, 0.3) is 0 Å². The number of benzene rings is 1.